The highest BCUT2D eigenvalue weighted by Crippen LogP contribution is 2.61. The van der Waals surface area contributed by atoms with Crippen LogP contribution in [0.2, 0.25) is 0 Å². The third kappa shape index (κ3) is 2.79. The summed E-state index contributed by atoms with van der Waals surface area (Å²) >= 11 is 0. The Bertz CT molecular complexity index is 529. The van der Waals surface area contributed by atoms with E-state index in [0.29, 0.717) is 18.3 Å². The van der Waals surface area contributed by atoms with Gasteiger partial charge in [0.15, 0.2) is 0 Å². The van der Waals surface area contributed by atoms with E-state index in [1.54, 1.807) is 0 Å². The molecule has 0 aromatic rings. The van der Waals surface area contributed by atoms with Crippen LogP contribution in [-0.4, -0.2) is 24.9 Å². The van der Waals surface area contributed by atoms with Crippen molar-refractivity contribution in [2.75, 3.05) is 6.61 Å². The van der Waals surface area contributed by atoms with E-state index in [1.165, 1.54) is 64.2 Å². The van der Waals surface area contributed by atoms with E-state index in [4.69, 9.17) is 9.47 Å². The zero-order chi connectivity index (χ0) is 18.1. The van der Waals surface area contributed by atoms with Gasteiger partial charge in [0.2, 0.25) is 0 Å². The second kappa shape index (κ2) is 6.73. The lowest BCUT2D eigenvalue weighted by Crippen LogP contribution is -2.54. The van der Waals surface area contributed by atoms with Crippen LogP contribution in [-0.2, 0) is 9.47 Å². The summed E-state index contributed by atoms with van der Waals surface area (Å²) in [5.74, 6) is 8.75. The molecule has 2 nitrogen and oxygen atoms in total. The SMILES string of the molecule is CCOC1C2CC3CC1CC(C2)C3CC(C)OC1CC2CC1C1CCCC21. The summed E-state index contributed by atoms with van der Waals surface area (Å²) in [6.45, 7) is 5.50. The molecule has 0 saturated heterocycles. The van der Waals surface area contributed by atoms with Gasteiger partial charge in [0, 0.05) is 6.61 Å². The standard InChI is InChI=1S/C25H40O2/c1-3-26-25-18-8-15-9-19(25)11-16(10-18)22(15)7-14(2)27-24-13-17-12-23(24)21-6-4-5-20(17)21/h14-25H,3-13H2,1-2H3. The molecule has 27 heavy (non-hydrogen) atoms. The molecule has 7 aliphatic rings. The summed E-state index contributed by atoms with van der Waals surface area (Å²) in [5.41, 5.74) is 0. The maximum atomic E-state index is 6.79. The number of rotatable bonds is 6. The van der Waals surface area contributed by atoms with Crippen LogP contribution < -0.4 is 0 Å². The summed E-state index contributed by atoms with van der Waals surface area (Å²) in [6.07, 6.45) is 16.3. The topological polar surface area (TPSA) is 18.5 Å². The lowest BCUT2D eigenvalue weighted by atomic mass is 9.50. The molecule has 0 N–H and O–H groups in total. The summed E-state index contributed by atoms with van der Waals surface area (Å²) < 4.78 is 13.0. The Balaban J connectivity index is 1.06. The molecule has 7 saturated carbocycles. The predicted octanol–water partition coefficient (Wildman–Crippen LogP) is 5.69. The number of ether oxygens (including phenoxy) is 2. The fraction of sp³-hybridized carbons (Fsp3) is 1.00. The van der Waals surface area contributed by atoms with Crippen LogP contribution in [0.25, 0.3) is 0 Å². The lowest BCUT2D eigenvalue weighted by Gasteiger charge is -2.58. The highest BCUT2D eigenvalue weighted by Gasteiger charge is 2.56. The Morgan fingerprint density at radius 1 is 0.778 bits per heavy atom. The number of fused-ring (bicyclic) bond motifs is 5. The quantitative estimate of drug-likeness (QED) is 0.596. The van der Waals surface area contributed by atoms with Crippen molar-refractivity contribution in [2.24, 2.45) is 53.3 Å². The average molecular weight is 373 g/mol. The van der Waals surface area contributed by atoms with Crippen LogP contribution in [0.15, 0.2) is 0 Å². The first kappa shape index (κ1) is 17.8. The molecule has 2 heteroatoms. The van der Waals surface area contributed by atoms with E-state index in [-0.39, 0.29) is 0 Å². The summed E-state index contributed by atoms with van der Waals surface area (Å²) in [4.78, 5) is 0. The zero-order valence-electron chi connectivity index (χ0n) is 17.5. The van der Waals surface area contributed by atoms with Crippen molar-refractivity contribution in [1.82, 2.24) is 0 Å². The van der Waals surface area contributed by atoms with Crippen molar-refractivity contribution in [3.8, 4) is 0 Å². The first-order chi connectivity index (χ1) is 13.2. The van der Waals surface area contributed by atoms with Crippen LogP contribution >= 0.6 is 0 Å². The van der Waals surface area contributed by atoms with E-state index in [1.807, 2.05) is 0 Å². The van der Waals surface area contributed by atoms with Gasteiger partial charge in [-0.25, -0.2) is 0 Å². The van der Waals surface area contributed by atoms with Gasteiger partial charge in [-0.15, -0.1) is 0 Å². The first-order valence-electron chi connectivity index (χ1n) is 12.5. The van der Waals surface area contributed by atoms with Gasteiger partial charge >= 0.3 is 0 Å². The van der Waals surface area contributed by atoms with Crippen molar-refractivity contribution in [3.63, 3.8) is 0 Å². The van der Waals surface area contributed by atoms with E-state index in [2.05, 4.69) is 13.8 Å². The van der Waals surface area contributed by atoms with Gasteiger partial charge in [0.1, 0.15) is 0 Å². The molecule has 0 aromatic carbocycles. The van der Waals surface area contributed by atoms with Crippen LogP contribution in [0, 0.1) is 53.3 Å². The Labute approximate surface area is 166 Å². The Kier molecular flexibility index (Phi) is 4.42. The molecule has 7 rings (SSSR count). The molecule has 0 heterocycles. The van der Waals surface area contributed by atoms with Crippen molar-refractivity contribution in [3.05, 3.63) is 0 Å². The van der Waals surface area contributed by atoms with Crippen molar-refractivity contribution in [2.45, 2.75) is 96.4 Å². The van der Waals surface area contributed by atoms with Crippen LogP contribution in [0.3, 0.4) is 0 Å². The Morgan fingerprint density at radius 2 is 1.48 bits per heavy atom. The third-order valence-electron chi connectivity index (χ3n) is 10.3. The molecule has 6 unspecified atom stereocenters. The van der Waals surface area contributed by atoms with Gasteiger partial charge in [-0.2, -0.15) is 0 Å². The lowest BCUT2D eigenvalue weighted by molar-refractivity contribution is -0.156. The summed E-state index contributed by atoms with van der Waals surface area (Å²) in [6, 6.07) is 0. The maximum absolute atomic E-state index is 6.79. The Hall–Kier alpha value is -0.0800. The molecule has 6 bridgehead atoms. The minimum atomic E-state index is 0.486. The van der Waals surface area contributed by atoms with Gasteiger partial charge < -0.3 is 9.47 Å². The largest absolute Gasteiger partial charge is 0.378 e. The van der Waals surface area contributed by atoms with Crippen molar-refractivity contribution in [1.29, 1.82) is 0 Å². The van der Waals surface area contributed by atoms with Gasteiger partial charge in [-0.1, -0.05) is 6.42 Å². The molecule has 152 valence electrons. The zero-order valence-corrected chi connectivity index (χ0v) is 17.5. The monoisotopic (exact) mass is 372 g/mol. The number of hydrogen-bond acceptors (Lipinski definition) is 2. The van der Waals surface area contributed by atoms with E-state index in [0.717, 1.165) is 59.9 Å². The van der Waals surface area contributed by atoms with E-state index >= 15 is 0 Å². The molecule has 6 atom stereocenters. The molecule has 0 radical (unpaired) electrons. The van der Waals surface area contributed by atoms with E-state index in [9.17, 15) is 0 Å². The Morgan fingerprint density at radius 3 is 2.19 bits per heavy atom. The molecule has 0 aliphatic heterocycles. The fourth-order valence-electron chi connectivity index (χ4n) is 9.69. The molecule has 7 fully saturated rings. The number of hydrogen-bond donors (Lipinski definition) is 0. The highest BCUT2D eigenvalue weighted by atomic mass is 16.5. The predicted molar refractivity (Wildman–Crippen MR) is 107 cm³/mol. The van der Waals surface area contributed by atoms with Gasteiger partial charge in [0.05, 0.1) is 18.3 Å². The average Bonchev–Trinajstić information content (AvgIpc) is 3.32. The minimum Gasteiger partial charge on any atom is -0.378 e. The molecule has 0 amide bonds. The normalized spacial score (nSPS) is 56.0. The van der Waals surface area contributed by atoms with Crippen molar-refractivity contribution >= 4 is 0 Å². The van der Waals surface area contributed by atoms with Gasteiger partial charge in [0.25, 0.3) is 0 Å². The smallest absolute Gasteiger partial charge is 0.0631 e. The second-order valence-electron chi connectivity index (χ2n) is 11.4. The van der Waals surface area contributed by atoms with E-state index < -0.39 is 0 Å². The van der Waals surface area contributed by atoms with Crippen LogP contribution in [0.5, 0.6) is 0 Å². The second-order valence-corrected chi connectivity index (χ2v) is 11.4. The fourth-order valence-corrected chi connectivity index (χ4v) is 9.69. The van der Waals surface area contributed by atoms with Crippen LogP contribution in [0.1, 0.15) is 78.1 Å². The van der Waals surface area contributed by atoms with Gasteiger partial charge in [-0.05, 0) is 125 Å². The molecule has 0 spiro atoms. The van der Waals surface area contributed by atoms with Crippen LogP contribution in [0.4, 0.5) is 0 Å². The summed E-state index contributed by atoms with van der Waals surface area (Å²) in [7, 11) is 0. The molecular weight excluding hydrogens is 332 g/mol. The van der Waals surface area contributed by atoms with Gasteiger partial charge in [-0.3, -0.25) is 0 Å². The molecular formula is C25H40O2. The maximum Gasteiger partial charge on any atom is 0.0631 e. The first-order valence-corrected chi connectivity index (χ1v) is 12.5. The molecule has 7 aliphatic carbocycles. The summed E-state index contributed by atoms with van der Waals surface area (Å²) in [5, 5.41) is 0. The minimum absolute atomic E-state index is 0.486. The third-order valence-corrected chi connectivity index (χ3v) is 10.3. The molecule has 0 aromatic heterocycles. The van der Waals surface area contributed by atoms with Crippen molar-refractivity contribution < 1.29 is 9.47 Å². The highest BCUT2D eigenvalue weighted by molar-refractivity contribution is 5.05.